The lowest BCUT2D eigenvalue weighted by molar-refractivity contribution is 0.102. The van der Waals surface area contributed by atoms with Crippen molar-refractivity contribution in [3.05, 3.63) is 83.4 Å². The van der Waals surface area contributed by atoms with Gasteiger partial charge in [-0.3, -0.25) is 14.5 Å². The fourth-order valence-corrected chi connectivity index (χ4v) is 3.52. The molecular weight excluding hydrogens is 393 g/mol. The predicted molar refractivity (Wildman–Crippen MR) is 101 cm³/mol. The average Bonchev–Trinajstić information content (AvgIpc) is 2.65. The van der Waals surface area contributed by atoms with Gasteiger partial charge in [0.15, 0.2) is 0 Å². The van der Waals surface area contributed by atoms with Gasteiger partial charge in [-0.1, -0.05) is 11.6 Å². The topological polar surface area (TPSA) is 88.2 Å². The highest BCUT2D eigenvalue weighted by Crippen LogP contribution is 2.22. The van der Waals surface area contributed by atoms with E-state index >= 15 is 0 Å². The van der Waals surface area contributed by atoms with Crippen molar-refractivity contribution in [2.75, 3.05) is 10.0 Å². The molecule has 1 amide bonds. The van der Waals surface area contributed by atoms with Crippen LogP contribution in [0.5, 0.6) is 0 Å². The van der Waals surface area contributed by atoms with Crippen molar-refractivity contribution in [2.45, 2.75) is 4.90 Å². The summed E-state index contributed by atoms with van der Waals surface area (Å²) in [5.74, 6) is -1.05. The second kappa shape index (κ2) is 7.73. The maximum absolute atomic E-state index is 13.2. The molecule has 1 heterocycles. The normalized spacial score (nSPS) is 11.0. The largest absolute Gasteiger partial charge is 0.322 e. The third-order valence-corrected chi connectivity index (χ3v) is 5.21. The number of nitrogens with zero attached hydrogens (tertiary/aromatic N) is 1. The molecule has 3 rings (SSSR count). The molecule has 0 unspecified atom stereocenters. The van der Waals surface area contributed by atoms with Crippen molar-refractivity contribution in [3.8, 4) is 0 Å². The number of pyridine rings is 1. The van der Waals surface area contributed by atoms with Gasteiger partial charge in [0, 0.05) is 29.3 Å². The molecule has 0 fully saturated rings. The van der Waals surface area contributed by atoms with E-state index in [-0.39, 0.29) is 21.5 Å². The Bertz CT molecular complexity index is 1070. The Morgan fingerprint density at radius 1 is 0.963 bits per heavy atom. The first-order valence-corrected chi connectivity index (χ1v) is 9.50. The number of aromatic nitrogens is 1. The predicted octanol–water partition coefficient (Wildman–Crippen LogP) is 3.93. The first-order valence-electron chi connectivity index (χ1n) is 7.64. The third-order valence-electron chi connectivity index (χ3n) is 3.54. The molecule has 0 radical (unpaired) electrons. The maximum atomic E-state index is 13.2. The quantitative estimate of drug-likeness (QED) is 0.673. The monoisotopic (exact) mass is 405 g/mol. The van der Waals surface area contributed by atoms with Crippen LogP contribution < -0.4 is 10.0 Å². The van der Waals surface area contributed by atoms with Crippen molar-refractivity contribution in [1.29, 1.82) is 0 Å². The molecule has 0 aliphatic heterocycles. The summed E-state index contributed by atoms with van der Waals surface area (Å²) < 4.78 is 40.2. The molecule has 0 bridgehead atoms. The van der Waals surface area contributed by atoms with Gasteiger partial charge in [0.1, 0.15) is 5.82 Å². The van der Waals surface area contributed by atoms with Gasteiger partial charge >= 0.3 is 0 Å². The van der Waals surface area contributed by atoms with E-state index in [9.17, 15) is 17.6 Å². The van der Waals surface area contributed by atoms with Crippen molar-refractivity contribution in [1.82, 2.24) is 4.98 Å². The van der Waals surface area contributed by atoms with E-state index in [0.29, 0.717) is 11.3 Å². The Balaban J connectivity index is 1.73. The summed E-state index contributed by atoms with van der Waals surface area (Å²) in [7, 11) is -3.94. The Kier molecular flexibility index (Phi) is 5.38. The molecule has 0 atom stereocenters. The maximum Gasteiger partial charge on any atom is 0.261 e. The lowest BCUT2D eigenvalue weighted by atomic mass is 10.2. The average molecular weight is 406 g/mol. The molecule has 1 aromatic heterocycles. The van der Waals surface area contributed by atoms with Crippen LogP contribution in [0, 0.1) is 5.82 Å². The van der Waals surface area contributed by atoms with Gasteiger partial charge in [-0.25, -0.2) is 12.8 Å². The summed E-state index contributed by atoms with van der Waals surface area (Å²) in [6.45, 7) is 0. The van der Waals surface area contributed by atoms with Gasteiger partial charge in [0.25, 0.3) is 15.9 Å². The minimum absolute atomic E-state index is 0.173. The number of rotatable bonds is 5. The van der Waals surface area contributed by atoms with Crippen LogP contribution in [0.4, 0.5) is 15.8 Å². The zero-order valence-corrected chi connectivity index (χ0v) is 15.3. The summed E-state index contributed by atoms with van der Waals surface area (Å²) in [6.07, 6.45) is 3.10. The zero-order chi connectivity index (χ0) is 19.4. The Morgan fingerprint density at radius 2 is 1.63 bits per heavy atom. The van der Waals surface area contributed by atoms with Gasteiger partial charge in [0.05, 0.1) is 9.92 Å². The summed E-state index contributed by atoms with van der Waals surface area (Å²) in [4.78, 5) is 15.9. The molecule has 27 heavy (non-hydrogen) atoms. The van der Waals surface area contributed by atoms with Gasteiger partial charge in [0.2, 0.25) is 0 Å². The van der Waals surface area contributed by atoms with Crippen LogP contribution in [0.3, 0.4) is 0 Å². The minimum Gasteiger partial charge on any atom is -0.322 e. The first kappa shape index (κ1) is 18.8. The van der Waals surface area contributed by atoms with Crippen LogP contribution in [0.25, 0.3) is 0 Å². The number of benzene rings is 2. The van der Waals surface area contributed by atoms with Crippen LogP contribution in [0.2, 0.25) is 5.02 Å². The molecule has 0 saturated carbocycles. The van der Waals surface area contributed by atoms with Crippen molar-refractivity contribution in [3.63, 3.8) is 0 Å². The Labute approximate surface area is 160 Å². The summed E-state index contributed by atoms with van der Waals surface area (Å²) in [5, 5.41) is 2.40. The van der Waals surface area contributed by atoms with Crippen LogP contribution >= 0.6 is 11.6 Å². The molecule has 9 heteroatoms. The van der Waals surface area contributed by atoms with Gasteiger partial charge < -0.3 is 5.32 Å². The van der Waals surface area contributed by atoms with Crippen LogP contribution in [0.15, 0.2) is 71.9 Å². The Hall–Kier alpha value is -2.97. The molecular formula is C18H13ClFN3O3S. The molecule has 2 N–H and O–H groups in total. The number of carbonyl (C=O) groups excluding carboxylic acids is 1. The SMILES string of the molecule is O=C(Nc1ccncc1)c1ccc(NS(=O)(=O)c2ccc(F)c(Cl)c2)cc1. The molecule has 2 aromatic carbocycles. The van der Waals surface area contributed by atoms with Gasteiger partial charge in [-0.05, 0) is 54.6 Å². The van der Waals surface area contributed by atoms with Crippen molar-refractivity contribution in [2.24, 2.45) is 0 Å². The smallest absolute Gasteiger partial charge is 0.261 e. The first-order chi connectivity index (χ1) is 12.8. The second-order valence-corrected chi connectivity index (χ2v) is 7.54. The molecule has 0 aliphatic carbocycles. The van der Waals surface area contributed by atoms with Crippen molar-refractivity contribution >= 4 is 38.9 Å². The number of anilines is 2. The molecule has 0 spiro atoms. The molecule has 3 aromatic rings. The lowest BCUT2D eigenvalue weighted by Crippen LogP contribution is -2.14. The second-order valence-electron chi connectivity index (χ2n) is 5.45. The number of nitrogens with one attached hydrogen (secondary N) is 2. The van der Waals surface area contributed by atoms with Crippen LogP contribution in [0.1, 0.15) is 10.4 Å². The summed E-state index contributed by atoms with van der Waals surface area (Å²) in [6, 6.07) is 12.3. The Morgan fingerprint density at radius 3 is 2.26 bits per heavy atom. The standard InChI is InChI=1S/C18H13ClFN3O3S/c19-16-11-15(5-6-17(16)20)27(25,26)23-14-3-1-12(2-4-14)18(24)22-13-7-9-21-10-8-13/h1-11,23H,(H,21,22,24). The zero-order valence-electron chi connectivity index (χ0n) is 13.7. The number of carbonyl (C=O) groups is 1. The lowest BCUT2D eigenvalue weighted by Gasteiger charge is -2.10. The summed E-state index contributed by atoms with van der Waals surface area (Å²) in [5.41, 5.74) is 1.18. The van der Waals surface area contributed by atoms with E-state index in [1.807, 2.05) is 0 Å². The molecule has 6 nitrogen and oxygen atoms in total. The van der Waals surface area contributed by atoms with Gasteiger partial charge in [-0.2, -0.15) is 0 Å². The fraction of sp³-hybridized carbons (Fsp3) is 0. The number of sulfonamides is 1. The van der Waals surface area contributed by atoms with Crippen LogP contribution in [-0.4, -0.2) is 19.3 Å². The van der Waals surface area contributed by atoms with E-state index in [4.69, 9.17) is 11.6 Å². The van der Waals surface area contributed by atoms with E-state index < -0.39 is 15.8 Å². The highest BCUT2D eigenvalue weighted by molar-refractivity contribution is 7.92. The minimum atomic E-state index is -3.94. The number of hydrogen-bond donors (Lipinski definition) is 2. The molecule has 138 valence electrons. The highest BCUT2D eigenvalue weighted by atomic mass is 35.5. The van der Waals surface area contributed by atoms with E-state index in [1.165, 1.54) is 24.3 Å². The van der Waals surface area contributed by atoms with E-state index in [2.05, 4.69) is 15.0 Å². The third kappa shape index (κ3) is 4.60. The molecule has 0 aliphatic rings. The van der Waals surface area contributed by atoms with Crippen molar-refractivity contribution < 1.29 is 17.6 Å². The van der Waals surface area contributed by atoms with Crippen LogP contribution in [-0.2, 0) is 10.0 Å². The number of halogens is 2. The molecule has 0 saturated heterocycles. The van der Waals surface area contributed by atoms with E-state index in [0.717, 1.165) is 18.2 Å². The fourth-order valence-electron chi connectivity index (χ4n) is 2.19. The number of hydrogen-bond acceptors (Lipinski definition) is 4. The highest BCUT2D eigenvalue weighted by Gasteiger charge is 2.16. The summed E-state index contributed by atoms with van der Waals surface area (Å²) >= 11 is 5.63. The van der Waals surface area contributed by atoms with E-state index in [1.54, 1.807) is 24.5 Å². The van der Waals surface area contributed by atoms with Gasteiger partial charge in [-0.15, -0.1) is 0 Å². The number of amides is 1.